The quantitative estimate of drug-likeness (QED) is 0.692. The van der Waals surface area contributed by atoms with E-state index in [1.807, 2.05) is 30.3 Å². The summed E-state index contributed by atoms with van der Waals surface area (Å²) in [4.78, 5) is 17.6. The molecule has 6 nitrogen and oxygen atoms in total. The number of carbonyl (C=O) groups excluding carboxylic acids is 1. The zero-order valence-electron chi connectivity index (χ0n) is 18.6. The first-order chi connectivity index (χ1) is 15.1. The van der Waals surface area contributed by atoms with Gasteiger partial charge in [0.1, 0.15) is 18.1 Å². The fourth-order valence-corrected chi connectivity index (χ4v) is 4.13. The van der Waals surface area contributed by atoms with E-state index in [0.717, 1.165) is 56.9 Å². The lowest BCUT2D eigenvalue weighted by molar-refractivity contribution is 0.0915. The Bertz CT molecular complexity index is 876. The molecule has 4 rings (SSSR count). The molecule has 6 heteroatoms. The van der Waals surface area contributed by atoms with Gasteiger partial charge in [-0.1, -0.05) is 19.4 Å². The van der Waals surface area contributed by atoms with Crippen molar-refractivity contribution < 1.29 is 14.3 Å². The highest BCUT2D eigenvalue weighted by molar-refractivity contribution is 5.94. The van der Waals surface area contributed by atoms with Gasteiger partial charge in [-0.25, -0.2) is 0 Å². The normalized spacial score (nSPS) is 18.8. The van der Waals surface area contributed by atoms with E-state index in [-0.39, 0.29) is 11.9 Å². The molecule has 2 aliphatic heterocycles. The number of carbonyl (C=O) groups is 1. The minimum absolute atomic E-state index is 0.0471. The van der Waals surface area contributed by atoms with Crippen LogP contribution in [0.4, 0.5) is 5.69 Å². The zero-order chi connectivity index (χ0) is 21.6. The molecule has 1 atom stereocenters. The van der Waals surface area contributed by atoms with Crippen LogP contribution in [0.3, 0.4) is 0 Å². The van der Waals surface area contributed by atoms with Gasteiger partial charge in [-0.3, -0.25) is 4.79 Å². The van der Waals surface area contributed by atoms with E-state index in [9.17, 15) is 4.79 Å². The van der Waals surface area contributed by atoms with Crippen molar-refractivity contribution >= 4 is 11.6 Å². The SMILES string of the molecule is CCCCOc1ccc(C(=O)NC2COc3cccc(N4CCN(C)CC4)c3C2)cc1. The third kappa shape index (κ3) is 5.31. The highest BCUT2D eigenvalue weighted by atomic mass is 16.5. The lowest BCUT2D eigenvalue weighted by Crippen LogP contribution is -2.46. The number of hydrogen-bond acceptors (Lipinski definition) is 5. The van der Waals surface area contributed by atoms with Crippen molar-refractivity contribution in [3.05, 3.63) is 53.6 Å². The van der Waals surface area contributed by atoms with Gasteiger partial charge in [-0.2, -0.15) is 0 Å². The second kappa shape index (κ2) is 10.1. The summed E-state index contributed by atoms with van der Waals surface area (Å²) in [6.45, 7) is 7.47. The molecule has 0 aromatic heterocycles. The Morgan fingerprint density at radius 2 is 1.90 bits per heavy atom. The summed E-state index contributed by atoms with van der Waals surface area (Å²) in [6.07, 6.45) is 2.91. The number of hydrogen-bond donors (Lipinski definition) is 1. The summed E-state index contributed by atoms with van der Waals surface area (Å²) < 4.78 is 11.7. The predicted molar refractivity (Wildman–Crippen MR) is 123 cm³/mol. The van der Waals surface area contributed by atoms with Gasteiger partial charge in [0.05, 0.1) is 12.6 Å². The van der Waals surface area contributed by atoms with Crippen LogP contribution >= 0.6 is 0 Å². The van der Waals surface area contributed by atoms with Gasteiger partial charge in [0.2, 0.25) is 0 Å². The summed E-state index contributed by atoms with van der Waals surface area (Å²) in [7, 11) is 2.16. The van der Waals surface area contributed by atoms with Crippen LogP contribution in [0.15, 0.2) is 42.5 Å². The molecule has 2 heterocycles. The first-order valence-corrected chi connectivity index (χ1v) is 11.4. The van der Waals surface area contributed by atoms with Gasteiger partial charge >= 0.3 is 0 Å². The van der Waals surface area contributed by atoms with Crippen molar-refractivity contribution in [2.24, 2.45) is 0 Å². The smallest absolute Gasteiger partial charge is 0.251 e. The number of nitrogens with zero attached hydrogens (tertiary/aromatic N) is 2. The van der Waals surface area contributed by atoms with Gasteiger partial charge in [0, 0.05) is 49.4 Å². The van der Waals surface area contributed by atoms with Crippen LogP contribution in [0.5, 0.6) is 11.5 Å². The number of rotatable bonds is 7. The molecule has 1 fully saturated rings. The number of fused-ring (bicyclic) bond motifs is 1. The van der Waals surface area contributed by atoms with Crippen LogP contribution in [-0.4, -0.2) is 63.3 Å². The Hall–Kier alpha value is -2.73. The fourth-order valence-electron chi connectivity index (χ4n) is 4.13. The van der Waals surface area contributed by atoms with E-state index in [4.69, 9.17) is 9.47 Å². The standard InChI is InChI=1S/C25H33N3O3/c1-3-4-16-30-21-10-8-19(9-11-21)25(29)26-20-17-22-23(6-5-7-24(22)31-18-20)28-14-12-27(2)13-15-28/h5-11,20H,3-4,12-18H2,1-2H3,(H,26,29). The zero-order valence-corrected chi connectivity index (χ0v) is 18.6. The molecule has 0 aliphatic carbocycles. The fraction of sp³-hybridized carbons (Fsp3) is 0.480. The number of nitrogens with one attached hydrogen (secondary N) is 1. The Morgan fingerprint density at radius 1 is 1.13 bits per heavy atom. The van der Waals surface area contributed by atoms with Gasteiger partial charge in [-0.05, 0) is 49.9 Å². The first-order valence-electron chi connectivity index (χ1n) is 11.4. The molecule has 1 N–H and O–H groups in total. The number of likely N-dealkylation sites (N-methyl/N-ethyl adjacent to an activating group) is 1. The van der Waals surface area contributed by atoms with Crippen LogP contribution in [-0.2, 0) is 6.42 Å². The summed E-state index contributed by atoms with van der Waals surface area (Å²) in [5.74, 6) is 1.67. The predicted octanol–water partition coefficient (Wildman–Crippen LogP) is 3.35. The lowest BCUT2D eigenvalue weighted by Gasteiger charge is -2.37. The average Bonchev–Trinajstić information content (AvgIpc) is 2.80. The van der Waals surface area contributed by atoms with E-state index in [1.165, 1.54) is 11.3 Å². The van der Waals surface area contributed by atoms with Crippen molar-refractivity contribution in [3.8, 4) is 11.5 Å². The molecule has 0 bridgehead atoms. The number of unbranched alkanes of at least 4 members (excludes halogenated alkanes) is 1. The van der Waals surface area contributed by atoms with Gasteiger partial charge in [0.25, 0.3) is 5.91 Å². The average molecular weight is 424 g/mol. The summed E-state index contributed by atoms with van der Waals surface area (Å²) >= 11 is 0. The van der Waals surface area contributed by atoms with Crippen LogP contribution in [0.1, 0.15) is 35.7 Å². The highest BCUT2D eigenvalue weighted by Crippen LogP contribution is 2.34. The van der Waals surface area contributed by atoms with Crippen molar-refractivity contribution in [2.45, 2.75) is 32.2 Å². The van der Waals surface area contributed by atoms with E-state index < -0.39 is 0 Å². The second-order valence-corrected chi connectivity index (χ2v) is 8.46. The maximum Gasteiger partial charge on any atom is 0.251 e. The largest absolute Gasteiger partial charge is 0.494 e. The molecular formula is C25H33N3O3. The molecule has 0 radical (unpaired) electrons. The molecule has 1 amide bonds. The third-order valence-corrected chi connectivity index (χ3v) is 6.06. The number of ether oxygens (including phenoxy) is 2. The molecule has 2 aliphatic rings. The van der Waals surface area contributed by atoms with E-state index >= 15 is 0 Å². The van der Waals surface area contributed by atoms with Crippen LogP contribution in [0.25, 0.3) is 0 Å². The third-order valence-electron chi connectivity index (χ3n) is 6.06. The molecular weight excluding hydrogens is 390 g/mol. The van der Waals surface area contributed by atoms with Gasteiger partial charge in [0.15, 0.2) is 0 Å². The molecule has 2 aromatic rings. The maximum absolute atomic E-state index is 12.8. The molecule has 1 unspecified atom stereocenters. The number of benzene rings is 2. The number of piperazine rings is 1. The Balaban J connectivity index is 1.39. The first kappa shape index (κ1) is 21.5. The maximum atomic E-state index is 12.8. The molecule has 31 heavy (non-hydrogen) atoms. The van der Waals surface area contributed by atoms with E-state index in [1.54, 1.807) is 0 Å². The van der Waals surface area contributed by atoms with Crippen LogP contribution < -0.4 is 19.7 Å². The molecule has 1 saturated heterocycles. The number of anilines is 1. The highest BCUT2D eigenvalue weighted by Gasteiger charge is 2.26. The summed E-state index contributed by atoms with van der Waals surface area (Å²) in [6, 6.07) is 13.6. The van der Waals surface area contributed by atoms with Crippen molar-refractivity contribution in [1.82, 2.24) is 10.2 Å². The lowest BCUT2D eigenvalue weighted by atomic mass is 9.99. The van der Waals surface area contributed by atoms with E-state index in [2.05, 4.69) is 41.2 Å². The van der Waals surface area contributed by atoms with Crippen LogP contribution in [0, 0.1) is 0 Å². The molecule has 166 valence electrons. The summed E-state index contributed by atoms with van der Waals surface area (Å²) in [5, 5.41) is 3.15. The minimum Gasteiger partial charge on any atom is -0.494 e. The van der Waals surface area contributed by atoms with Crippen molar-refractivity contribution in [3.63, 3.8) is 0 Å². The Morgan fingerprint density at radius 3 is 2.65 bits per heavy atom. The van der Waals surface area contributed by atoms with Crippen LogP contribution in [0.2, 0.25) is 0 Å². The second-order valence-electron chi connectivity index (χ2n) is 8.46. The number of amides is 1. The summed E-state index contributed by atoms with van der Waals surface area (Å²) in [5.41, 5.74) is 3.07. The minimum atomic E-state index is -0.0748. The van der Waals surface area contributed by atoms with Crippen molar-refractivity contribution in [2.75, 3.05) is 51.3 Å². The Kier molecular flexibility index (Phi) is 6.97. The molecule has 2 aromatic carbocycles. The van der Waals surface area contributed by atoms with E-state index in [0.29, 0.717) is 18.8 Å². The van der Waals surface area contributed by atoms with Gasteiger partial charge < -0.3 is 24.6 Å². The Labute approximate surface area is 185 Å². The molecule has 0 spiro atoms. The molecule has 0 saturated carbocycles. The van der Waals surface area contributed by atoms with Gasteiger partial charge in [-0.15, -0.1) is 0 Å². The monoisotopic (exact) mass is 423 g/mol. The topological polar surface area (TPSA) is 54.0 Å². The van der Waals surface area contributed by atoms with Crippen molar-refractivity contribution in [1.29, 1.82) is 0 Å².